The molecule has 2 aromatic rings. The summed E-state index contributed by atoms with van der Waals surface area (Å²) in [7, 11) is 1.51. The number of halogens is 2. The number of amides is 2. The van der Waals surface area contributed by atoms with Gasteiger partial charge in [0, 0.05) is 18.1 Å². The number of fused-ring (bicyclic) bond motifs is 2. The Bertz CT molecular complexity index is 1250. The van der Waals surface area contributed by atoms with E-state index < -0.39 is 35.3 Å². The predicted molar refractivity (Wildman–Crippen MR) is 126 cm³/mol. The van der Waals surface area contributed by atoms with Gasteiger partial charge in [0.25, 0.3) is 5.91 Å². The first-order valence-electron chi connectivity index (χ1n) is 11.9. The molecule has 9 nitrogen and oxygen atoms in total. The molecule has 2 aromatic carbocycles. The normalized spacial score (nSPS) is 22.3. The Labute approximate surface area is 212 Å². The number of nitrogens with one attached hydrogen (secondary N) is 2. The monoisotopic (exact) mass is 518 g/mol. The van der Waals surface area contributed by atoms with E-state index in [4.69, 9.17) is 9.47 Å². The van der Waals surface area contributed by atoms with Crippen LogP contribution in [0.25, 0.3) is 0 Å². The van der Waals surface area contributed by atoms with Crippen LogP contribution in [-0.2, 0) is 15.0 Å². The van der Waals surface area contributed by atoms with Crippen molar-refractivity contribution in [1.29, 1.82) is 0 Å². The summed E-state index contributed by atoms with van der Waals surface area (Å²) >= 11 is 0. The molecule has 1 aliphatic carbocycles. The highest BCUT2D eigenvalue weighted by Crippen LogP contribution is 2.52. The summed E-state index contributed by atoms with van der Waals surface area (Å²) in [6, 6.07) is 8.97. The molecule has 11 heteroatoms. The van der Waals surface area contributed by atoms with Gasteiger partial charge in [0.15, 0.2) is 17.6 Å². The van der Waals surface area contributed by atoms with Gasteiger partial charge in [-0.1, -0.05) is 6.07 Å². The number of hydrogen-bond donors (Lipinski definition) is 3. The lowest BCUT2D eigenvalue weighted by Gasteiger charge is -2.35. The Morgan fingerprint density at radius 3 is 2.51 bits per heavy atom. The lowest BCUT2D eigenvalue weighted by molar-refractivity contribution is -0.286. The van der Waals surface area contributed by atoms with Gasteiger partial charge in [-0.15, -0.1) is 8.78 Å². The summed E-state index contributed by atoms with van der Waals surface area (Å²) in [6.45, 7) is 3.10. The predicted octanol–water partition coefficient (Wildman–Crippen LogP) is 2.94. The number of methoxy groups -OCH3 is 1. The zero-order chi connectivity index (χ0) is 26.6. The van der Waals surface area contributed by atoms with Crippen molar-refractivity contribution in [1.82, 2.24) is 10.6 Å². The fourth-order valence-corrected chi connectivity index (χ4v) is 4.64. The van der Waals surface area contributed by atoms with Gasteiger partial charge in [-0.2, -0.15) is 0 Å². The minimum atomic E-state index is -3.74. The first kappa shape index (κ1) is 25.1. The van der Waals surface area contributed by atoms with Crippen LogP contribution in [0.5, 0.6) is 23.0 Å². The highest BCUT2D eigenvalue weighted by atomic mass is 19.3. The number of carbonyl (C=O) groups excluding carboxylic acids is 2. The third-order valence-electron chi connectivity index (χ3n) is 6.91. The molecule has 0 bridgehead atoms. The van der Waals surface area contributed by atoms with Crippen molar-refractivity contribution in [2.24, 2.45) is 0 Å². The Hall–Kier alpha value is -3.60. The summed E-state index contributed by atoms with van der Waals surface area (Å²) in [5, 5.41) is 15.4. The van der Waals surface area contributed by atoms with E-state index >= 15 is 0 Å². The topological polar surface area (TPSA) is 115 Å². The summed E-state index contributed by atoms with van der Waals surface area (Å²) in [4.78, 5) is 26.6. The second-order valence-electron chi connectivity index (χ2n) is 10.2. The highest BCUT2D eigenvalue weighted by Gasteiger charge is 2.53. The molecule has 0 aromatic heterocycles. The lowest BCUT2D eigenvalue weighted by Crippen LogP contribution is -2.53. The number of aliphatic hydroxyl groups is 1. The molecule has 37 heavy (non-hydrogen) atoms. The summed E-state index contributed by atoms with van der Waals surface area (Å²) in [5.74, 6) is 0.000822. The molecule has 198 valence electrons. The molecular weight excluding hydrogens is 490 g/mol. The SMILES string of the molecule is COc1ccc2c(c1)O[C@@H](C(=O)NC(C)(C)CO)C[C@@H]2NC(=O)C1(c2ccc3c(c2)OC(F)(F)O3)CC1. The van der Waals surface area contributed by atoms with E-state index in [0.29, 0.717) is 35.5 Å². The van der Waals surface area contributed by atoms with E-state index in [0.717, 1.165) is 0 Å². The number of carbonyl (C=O) groups is 2. The molecule has 0 radical (unpaired) electrons. The van der Waals surface area contributed by atoms with E-state index in [9.17, 15) is 23.5 Å². The second kappa shape index (κ2) is 8.76. The summed E-state index contributed by atoms with van der Waals surface area (Å²) in [6.07, 6.45) is -3.46. The van der Waals surface area contributed by atoms with Crippen LogP contribution in [-0.4, -0.2) is 48.6 Å². The maximum atomic E-state index is 13.6. The zero-order valence-electron chi connectivity index (χ0n) is 20.6. The Kier molecular flexibility index (Phi) is 5.93. The molecular formula is C26H28F2N2O7. The van der Waals surface area contributed by atoms with Crippen LogP contribution in [0, 0.1) is 0 Å². The fraction of sp³-hybridized carbons (Fsp3) is 0.462. The van der Waals surface area contributed by atoms with E-state index in [2.05, 4.69) is 20.1 Å². The molecule has 2 amide bonds. The first-order chi connectivity index (χ1) is 17.4. The van der Waals surface area contributed by atoms with Crippen LogP contribution in [0.15, 0.2) is 36.4 Å². The van der Waals surface area contributed by atoms with Gasteiger partial charge in [-0.05, 0) is 56.5 Å². The fourth-order valence-electron chi connectivity index (χ4n) is 4.64. The molecule has 0 spiro atoms. The van der Waals surface area contributed by atoms with Crippen molar-refractivity contribution in [3.05, 3.63) is 47.5 Å². The minimum absolute atomic E-state index is 0.0862. The van der Waals surface area contributed by atoms with Crippen molar-refractivity contribution in [2.45, 2.75) is 62.5 Å². The van der Waals surface area contributed by atoms with E-state index in [1.807, 2.05) is 0 Å². The number of aliphatic hydroxyl groups excluding tert-OH is 1. The molecule has 5 rings (SSSR count). The van der Waals surface area contributed by atoms with Crippen molar-refractivity contribution in [3.8, 4) is 23.0 Å². The smallest absolute Gasteiger partial charge is 0.497 e. The number of rotatable bonds is 7. The third kappa shape index (κ3) is 4.75. The van der Waals surface area contributed by atoms with Crippen LogP contribution >= 0.6 is 0 Å². The van der Waals surface area contributed by atoms with Crippen LogP contribution in [0.4, 0.5) is 8.78 Å². The van der Waals surface area contributed by atoms with Gasteiger partial charge in [-0.25, -0.2) is 0 Å². The van der Waals surface area contributed by atoms with Gasteiger partial charge in [-0.3, -0.25) is 9.59 Å². The van der Waals surface area contributed by atoms with Crippen molar-refractivity contribution in [2.75, 3.05) is 13.7 Å². The lowest BCUT2D eigenvalue weighted by atomic mass is 9.91. The van der Waals surface area contributed by atoms with E-state index in [1.54, 1.807) is 38.1 Å². The first-order valence-corrected chi connectivity index (χ1v) is 11.9. The molecule has 1 saturated carbocycles. The number of hydrogen-bond acceptors (Lipinski definition) is 7. The second-order valence-corrected chi connectivity index (χ2v) is 10.2. The Morgan fingerprint density at radius 1 is 1.11 bits per heavy atom. The molecule has 2 atom stereocenters. The molecule has 1 fully saturated rings. The van der Waals surface area contributed by atoms with Crippen LogP contribution in [0.1, 0.15) is 50.3 Å². The molecule has 0 unspecified atom stereocenters. The minimum Gasteiger partial charge on any atom is -0.497 e. The number of ether oxygens (including phenoxy) is 4. The largest absolute Gasteiger partial charge is 0.586 e. The van der Waals surface area contributed by atoms with Gasteiger partial charge >= 0.3 is 6.29 Å². The van der Waals surface area contributed by atoms with E-state index in [1.165, 1.54) is 19.2 Å². The summed E-state index contributed by atoms with van der Waals surface area (Å²) in [5.41, 5.74) is -0.535. The van der Waals surface area contributed by atoms with Gasteiger partial charge in [0.1, 0.15) is 11.5 Å². The molecule has 2 aliphatic heterocycles. The van der Waals surface area contributed by atoms with Crippen LogP contribution in [0.3, 0.4) is 0 Å². The average Bonchev–Trinajstić information content (AvgIpc) is 3.60. The quantitative estimate of drug-likeness (QED) is 0.516. The highest BCUT2D eigenvalue weighted by molar-refractivity contribution is 5.92. The molecule has 2 heterocycles. The van der Waals surface area contributed by atoms with Crippen LogP contribution < -0.4 is 29.6 Å². The van der Waals surface area contributed by atoms with Crippen molar-refractivity contribution >= 4 is 11.8 Å². The maximum absolute atomic E-state index is 13.6. The molecule has 0 saturated heterocycles. The Balaban J connectivity index is 1.39. The number of benzene rings is 2. The van der Waals surface area contributed by atoms with Crippen LogP contribution in [0.2, 0.25) is 0 Å². The summed E-state index contributed by atoms with van der Waals surface area (Å²) < 4.78 is 47.2. The van der Waals surface area contributed by atoms with E-state index in [-0.39, 0.29) is 30.4 Å². The number of alkyl halides is 2. The standard InChI is InChI=1S/C26H28F2N2O7/c1-24(2,13-31)30-22(32)21-12-17(16-6-5-15(34-3)11-19(16)35-21)29-23(33)25(8-9-25)14-4-7-18-20(10-14)37-26(27,28)36-18/h4-7,10-11,17,21,31H,8-9,12-13H2,1-3H3,(H,29,33)(H,30,32)/t17-,21+/m0/s1. The maximum Gasteiger partial charge on any atom is 0.586 e. The van der Waals surface area contributed by atoms with Crippen molar-refractivity contribution in [3.63, 3.8) is 0 Å². The average molecular weight is 519 g/mol. The van der Waals surface area contributed by atoms with Crippen molar-refractivity contribution < 1.29 is 42.4 Å². The molecule has 3 aliphatic rings. The van der Waals surface area contributed by atoms with Gasteiger partial charge in [0.2, 0.25) is 5.91 Å². The molecule has 3 N–H and O–H groups in total. The third-order valence-corrected chi connectivity index (χ3v) is 6.91. The Morgan fingerprint density at radius 2 is 1.84 bits per heavy atom. The van der Waals surface area contributed by atoms with Gasteiger partial charge in [0.05, 0.1) is 30.7 Å². The van der Waals surface area contributed by atoms with Gasteiger partial charge < -0.3 is 34.7 Å². The zero-order valence-corrected chi connectivity index (χ0v) is 20.6.